The molecule has 0 saturated carbocycles. The van der Waals surface area contributed by atoms with Crippen molar-refractivity contribution in [3.8, 4) is 0 Å². The topological polar surface area (TPSA) is 77.4 Å². The molecule has 0 amide bonds. The second-order valence-electron chi connectivity index (χ2n) is 4.42. The van der Waals surface area contributed by atoms with Crippen molar-refractivity contribution in [3.05, 3.63) is 41.8 Å². The average molecular weight is 260 g/mol. The molecule has 6 nitrogen and oxygen atoms in total. The largest absolute Gasteiger partial charge is 0.378 e. The lowest BCUT2D eigenvalue weighted by Gasteiger charge is -2.24. The van der Waals surface area contributed by atoms with E-state index in [1.165, 1.54) is 0 Å². The SMILES string of the molecule is NC(c1ccccc1)c1nc(N2CCOCC2)no1. The van der Waals surface area contributed by atoms with Crippen molar-refractivity contribution in [1.29, 1.82) is 0 Å². The second-order valence-corrected chi connectivity index (χ2v) is 4.42. The highest BCUT2D eigenvalue weighted by atomic mass is 16.5. The molecule has 19 heavy (non-hydrogen) atoms. The summed E-state index contributed by atoms with van der Waals surface area (Å²) >= 11 is 0. The minimum atomic E-state index is -0.386. The standard InChI is InChI=1S/C13H16N4O2/c14-11(10-4-2-1-3-5-10)12-15-13(16-19-12)17-6-8-18-9-7-17/h1-5,11H,6-9,14H2. The molecule has 1 aliphatic heterocycles. The van der Waals surface area contributed by atoms with Gasteiger partial charge in [0, 0.05) is 13.1 Å². The van der Waals surface area contributed by atoms with Crippen LogP contribution in [-0.2, 0) is 4.74 Å². The molecule has 2 heterocycles. The third-order valence-corrected chi connectivity index (χ3v) is 3.15. The summed E-state index contributed by atoms with van der Waals surface area (Å²) in [5, 5.41) is 3.99. The first-order valence-corrected chi connectivity index (χ1v) is 6.31. The molecule has 1 fully saturated rings. The van der Waals surface area contributed by atoms with Crippen molar-refractivity contribution in [2.75, 3.05) is 31.2 Å². The molecule has 1 saturated heterocycles. The Morgan fingerprint density at radius 3 is 2.63 bits per heavy atom. The number of aromatic nitrogens is 2. The van der Waals surface area contributed by atoms with Crippen LogP contribution in [-0.4, -0.2) is 36.4 Å². The molecule has 0 aliphatic carbocycles. The first-order chi connectivity index (χ1) is 9.34. The van der Waals surface area contributed by atoms with Gasteiger partial charge in [-0.05, 0) is 10.7 Å². The highest BCUT2D eigenvalue weighted by Gasteiger charge is 2.20. The predicted octanol–water partition coefficient (Wildman–Crippen LogP) is 0.954. The Labute approximate surface area is 111 Å². The van der Waals surface area contributed by atoms with Crippen LogP contribution in [0.15, 0.2) is 34.9 Å². The number of nitrogens with two attached hydrogens (primary N) is 1. The fourth-order valence-electron chi connectivity index (χ4n) is 2.05. The molecule has 0 radical (unpaired) electrons. The van der Waals surface area contributed by atoms with Crippen molar-refractivity contribution in [2.24, 2.45) is 5.73 Å². The molecule has 0 spiro atoms. The molecule has 2 N–H and O–H groups in total. The number of rotatable bonds is 3. The molecule has 1 unspecified atom stereocenters. The van der Waals surface area contributed by atoms with Gasteiger partial charge in [-0.25, -0.2) is 0 Å². The lowest BCUT2D eigenvalue weighted by molar-refractivity contribution is 0.121. The maximum Gasteiger partial charge on any atom is 0.266 e. The number of hydrogen-bond acceptors (Lipinski definition) is 6. The van der Waals surface area contributed by atoms with Gasteiger partial charge in [-0.15, -0.1) is 0 Å². The van der Waals surface area contributed by atoms with Gasteiger partial charge in [0.2, 0.25) is 5.89 Å². The van der Waals surface area contributed by atoms with E-state index in [4.69, 9.17) is 15.0 Å². The van der Waals surface area contributed by atoms with Gasteiger partial charge in [0.15, 0.2) is 0 Å². The molecular weight excluding hydrogens is 244 g/mol. The number of hydrogen-bond donors (Lipinski definition) is 1. The monoisotopic (exact) mass is 260 g/mol. The first-order valence-electron chi connectivity index (χ1n) is 6.31. The number of anilines is 1. The molecule has 100 valence electrons. The Morgan fingerprint density at radius 1 is 1.16 bits per heavy atom. The van der Waals surface area contributed by atoms with Crippen molar-refractivity contribution < 1.29 is 9.26 Å². The zero-order valence-electron chi connectivity index (χ0n) is 10.5. The smallest absolute Gasteiger partial charge is 0.266 e. The van der Waals surface area contributed by atoms with Gasteiger partial charge in [-0.3, -0.25) is 0 Å². The summed E-state index contributed by atoms with van der Waals surface area (Å²) in [7, 11) is 0. The van der Waals surface area contributed by atoms with Crippen LogP contribution in [0.1, 0.15) is 17.5 Å². The quantitative estimate of drug-likeness (QED) is 0.885. The maximum atomic E-state index is 6.12. The van der Waals surface area contributed by atoms with E-state index in [0.717, 1.165) is 18.7 Å². The lowest BCUT2D eigenvalue weighted by Crippen LogP contribution is -2.36. The summed E-state index contributed by atoms with van der Waals surface area (Å²) in [5.41, 5.74) is 7.08. The van der Waals surface area contributed by atoms with Crippen molar-refractivity contribution in [2.45, 2.75) is 6.04 Å². The van der Waals surface area contributed by atoms with Crippen LogP contribution in [0.2, 0.25) is 0 Å². The summed E-state index contributed by atoms with van der Waals surface area (Å²) in [6.07, 6.45) is 0. The van der Waals surface area contributed by atoms with E-state index >= 15 is 0 Å². The van der Waals surface area contributed by atoms with Crippen LogP contribution in [0.4, 0.5) is 5.95 Å². The maximum absolute atomic E-state index is 6.12. The molecule has 2 aromatic rings. The third-order valence-electron chi connectivity index (χ3n) is 3.15. The van der Waals surface area contributed by atoms with Crippen LogP contribution in [0.5, 0.6) is 0 Å². The number of benzene rings is 1. The van der Waals surface area contributed by atoms with Crippen LogP contribution in [0.25, 0.3) is 0 Å². The molecular formula is C13H16N4O2. The van der Waals surface area contributed by atoms with Gasteiger partial charge in [0.25, 0.3) is 5.95 Å². The third kappa shape index (κ3) is 2.59. The minimum Gasteiger partial charge on any atom is -0.378 e. The Hall–Kier alpha value is -1.92. The minimum absolute atomic E-state index is 0.386. The number of ether oxygens (including phenoxy) is 1. The molecule has 1 aromatic heterocycles. The van der Waals surface area contributed by atoms with E-state index in [1.807, 2.05) is 35.2 Å². The summed E-state index contributed by atoms with van der Waals surface area (Å²) in [6.45, 7) is 2.93. The Kier molecular flexibility index (Phi) is 3.43. The second kappa shape index (κ2) is 5.38. The summed E-state index contributed by atoms with van der Waals surface area (Å²) in [4.78, 5) is 6.41. The molecule has 1 atom stereocenters. The molecule has 6 heteroatoms. The van der Waals surface area contributed by atoms with Crippen molar-refractivity contribution >= 4 is 5.95 Å². The Bertz CT molecular complexity index is 522. The van der Waals surface area contributed by atoms with E-state index < -0.39 is 0 Å². The highest BCUT2D eigenvalue weighted by molar-refractivity contribution is 5.30. The van der Waals surface area contributed by atoms with E-state index in [1.54, 1.807) is 0 Å². The molecule has 1 aliphatic rings. The lowest BCUT2D eigenvalue weighted by atomic mass is 10.1. The molecule has 1 aromatic carbocycles. The van der Waals surface area contributed by atoms with Gasteiger partial charge >= 0.3 is 0 Å². The van der Waals surface area contributed by atoms with E-state index in [0.29, 0.717) is 25.1 Å². The number of nitrogens with zero attached hydrogens (tertiary/aromatic N) is 3. The van der Waals surface area contributed by atoms with E-state index in [9.17, 15) is 0 Å². The first kappa shape index (κ1) is 12.1. The summed E-state index contributed by atoms with van der Waals surface area (Å²) < 4.78 is 10.6. The molecule has 0 bridgehead atoms. The summed E-state index contributed by atoms with van der Waals surface area (Å²) in [6, 6.07) is 9.34. The van der Waals surface area contributed by atoms with Gasteiger partial charge in [-0.2, -0.15) is 4.98 Å². The average Bonchev–Trinajstić information content (AvgIpc) is 2.98. The summed E-state index contributed by atoms with van der Waals surface area (Å²) in [5.74, 6) is 1.03. The van der Waals surface area contributed by atoms with Crippen molar-refractivity contribution in [1.82, 2.24) is 10.1 Å². The Morgan fingerprint density at radius 2 is 1.89 bits per heavy atom. The zero-order valence-corrected chi connectivity index (χ0v) is 10.5. The van der Waals surface area contributed by atoms with Gasteiger partial charge in [0.05, 0.1) is 13.2 Å². The van der Waals surface area contributed by atoms with Gasteiger partial charge < -0.3 is 19.9 Å². The number of morpholine rings is 1. The normalized spacial score (nSPS) is 17.4. The van der Waals surface area contributed by atoms with Crippen LogP contribution in [0, 0.1) is 0 Å². The fourth-order valence-corrected chi connectivity index (χ4v) is 2.05. The van der Waals surface area contributed by atoms with Crippen molar-refractivity contribution in [3.63, 3.8) is 0 Å². The van der Waals surface area contributed by atoms with Gasteiger partial charge in [0.1, 0.15) is 6.04 Å². The predicted molar refractivity (Wildman–Crippen MR) is 69.8 cm³/mol. The van der Waals surface area contributed by atoms with Crippen LogP contribution in [0.3, 0.4) is 0 Å². The van der Waals surface area contributed by atoms with Gasteiger partial charge in [-0.1, -0.05) is 30.3 Å². The fraction of sp³-hybridized carbons (Fsp3) is 0.385. The Balaban J connectivity index is 1.77. The van der Waals surface area contributed by atoms with E-state index in [-0.39, 0.29) is 6.04 Å². The van der Waals surface area contributed by atoms with E-state index in [2.05, 4.69) is 10.1 Å². The zero-order chi connectivity index (χ0) is 13.1. The highest BCUT2D eigenvalue weighted by Crippen LogP contribution is 2.20. The van der Waals surface area contributed by atoms with Crippen LogP contribution < -0.4 is 10.6 Å². The van der Waals surface area contributed by atoms with Crippen LogP contribution >= 0.6 is 0 Å². The molecule has 3 rings (SSSR count).